The lowest BCUT2D eigenvalue weighted by molar-refractivity contribution is -0.908. The van der Waals surface area contributed by atoms with E-state index in [0.717, 1.165) is 50.6 Å². The average molecular weight is 450 g/mol. The molecule has 0 unspecified atom stereocenters. The highest BCUT2D eigenvalue weighted by atomic mass is 16.5. The molecule has 0 aliphatic carbocycles. The van der Waals surface area contributed by atoms with Crippen LogP contribution in [-0.4, -0.2) is 56.8 Å². The molecule has 2 aromatic carbocycles. The van der Waals surface area contributed by atoms with Crippen LogP contribution >= 0.6 is 0 Å². The second-order valence-electron chi connectivity index (χ2n) is 8.54. The second-order valence-corrected chi connectivity index (χ2v) is 8.54. The number of morpholine rings is 1. The Balaban J connectivity index is 1.53. The van der Waals surface area contributed by atoms with E-state index in [2.05, 4.69) is 0 Å². The van der Waals surface area contributed by atoms with Crippen LogP contribution in [0.25, 0.3) is 11.0 Å². The van der Waals surface area contributed by atoms with Gasteiger partial charge in [0.1, 0.15) is 24.4 Å². The fourth-order valence-electron chi connectivity index (χ4n) is 4.89. The summed E-state index contributed by atoms with van der Waals surface area (Å²) in [7, 11) is 0. The van der Waals surface area contributed by atoms with Crippen LogP contribution in [0.5, 0.6) is 5.75 Å². The van der Waals surface area contributed by atoms with E-state index in [1.165, 1.54) is 4.90 Å². The number of fused-ring (bicyclic) bond motifs is 2. The largest absolute Gasteiger partial charge is 0.494 e. The van der Waals surface area contributed by atoms with Gasteiger partial charge < -0.3 is 23.7 Å². The third-order valence-corrected chi connectivity index (χ3v) is 6.49. The van der Waals surface area contributed by atoms with Crippen molar-refractivity contribution in [1.29, 1.82) is 0 Å². The van der Waals surface area contributed by atoms with Crippen molar-refractivity contribution < 1.29 is 23.6 Å². The fourth-order valence-corrected chi connectivity index (χ4v) is 4.89. The molecule has 3 heterocycles. The maximum absolute atomic E-state index is 13.5. The van der Waals surface area contributed by atoms with E-state index >= 15 is 0 Å². The highest BCUT2D eigenvalue weighted by molar-refractivity contribution is 5.99. The van der Waals surface area contributed by atoms with Gasteiger partial charge in [0.2, 0.25) is 5.76 Å². The van der Waals surface area contributed by atoms with E-state index in [1.807, 2.05) is 43.3 Å². The first kappa shape index (κ1) is 21.7. The molecule has 7 heteroatoms. The number of carbonyl (C=O) groups is 1. The van der Waals surface area contributed by atoms with Gasteiger partial charge in [-0.2, -0.15) is 0 Å². The average Bonchev–Trinajstić information content (AvgIpc) is 3.12. The summed E-state index contributed by atoms with van der Waals surface area (Å²) in [6, 6.07) is 14.3. The molecule has 172 valence electrons. The number of hydrogen-bond acceptors (Lipinski definition) is 5. The van der Waals surface area contributed by atoms with Crippen molar-refractivity contribution in [3.05, 3.63) is 75.6 Å². The number of carbonyl (C=O) groups excluding carboxylic acids is 1. The number of nitrogens with zero attached hydrogens (tertiary/aromatic N) is 1. The summed E-state index contributed by atoms with van der Waals surface area (Å²) in [5.41, 5.74) is 1.57. The fraction of sp³-hybridized carbons (Fsp3) is 0.385. The van der Waals surface area contributed by atoms with Crippen molar-refractivity contribution >= 4 is 16.9 Å². The standard InChI is InChI=1S/C26H28N2O5/c1-2-32-19-8-5-7-18(17-19)23-22-24(29)20-9-3-4-10-21(20)33-25(22)26(30)28(23)12-6-11-27-13-15-31-16-14-27/h3-5,7-10,17,23H,2,6,11-16H2,1H3/p+1/t23-/m0/s1. The van der Waals surface area contributed by atoms with Crippen LogP contribution in [-0.2, 0) is 4.74 Å². The zero-order valence-corrected chi connectivity index (χ0v) is 18.8. The molecule has 1 N–H and O–H groups in total. The number of amides is 1. The quantitative estimate of drug-likeness (QED) is 0.598. The van der Waals surface area contributed by atoms with Crippen LogP contribution in [0.3, 0.4) is 0 Å². The van der Waals surface area contributed by atoms with Gasteiger partial charge in [0.15, 0.2) is 5.43 Å². The van der Waals surface area contributed by atoms with Crippen LogP contribution in [0, 0.1) is 0 Å². The molecule has 1 fully saturated rings. The Morgan fingerprint density at radius 1 is 1.09 bits per heavy atom. The number of rotatable bonds is 7. The summed E-state index contributed by atoms with van der Waals surface area (Å²) in [4.78, 5) is 30.3. The molecule has 1 aromatic heterocycles. The van der Waals surface area contributed by atoms with Gasteiger partial charge in [-0.25, -0.2) is 0 Å². The van der Waals surface area contributed by atoms with Crippen LogP contribution in [0.1, 0.15) is 41.1 Å². The number of para-hydroxylation sites is 1. The monoisotopic (exact) mass is 449 g/mol. The molecule has 0 radical (unpaired) electrons. The predicted octanol–water partition coefficient (Wildman–Crippen LogP) is 2.04. The summed E-state index contributed by atoms with van der Waals surface area (Å²) >= 11 is 0. The maximum Gasteiger partial charge on any atom is 0.290 e. The molecule has 1 atom stereocenters. The summed E-state index contributed by atoms with van der Waals surface area (Å²) in [5.74, 6) is 0.652. The third-order valence-electron chi connectivity index (χ3n) is 6.49. The number of benzene rings is 2. The predicted molar refractivity (Wildman–Crippen MR) is 124 cm³/mol. The third kappa shape index (κ3) is 4.14. The Morgan fingerprint density at radius 3 is 2.73 bits per heavy atom. The molecule has 33 heavy (non-hydrogen) atoms. The molecular weight excluding hydrogens is 420 g/mol. The Bertz CT molecular complexity index is 1210. The minimum atomic E-state index is -0.492. The minimum absolute atomic E-state index is 0.145. The van der Waals surface area contributed by atoms with E-state index in [1.54, 1.807) is 17.0 Å². The van der Waals surface area contributed by atoms with Crippen LogP contribution in [0.2, 0.25) is 0 Å². The first-order valence-corrected chi connectivity index (χ1v) is 11.7. The van der Waals surface area contributed by atoms with E-state index in [9.17, 15) is 9.59 Å². The van der Waals surface area contributed by atoms with Gasteiger partial charge in [0.05, 0.1) is 43.4 Å². The van der Waals surface area contributed by atoms with E-state index in [4.69, 9.17) is 13.9 Å². The molecule has 1 saturated heterocycles. The van der Waals surface area contributed by atoms with Gasteiger partial charge >= 0.3 is 0 Å². The van der Waals surface area contributed by atoms with Crippen LogP contribution < -0.4 is 15.1 Å². The molecule has 5 rings (SSSR count). The van der Waals surface area contributed by atoms with Gasteiger partial charge in [0, 0.05) is 13.0 Å². The minimum Gasteiger partial charge on any atom is -0.494 e. The first-order chi connectivity index (χ1) is 16.2. The normalized spacial score (nSPS) is 18.6. The Kier molecular flexibility index (Phi) is 6.15. The van der Waals surface area contributed by atoms with Crippen molar-refractivity contribution in [2.45, 2.75) is 19.4 Å². The number of nitrogens with one attached hydrogen (secondary N) is 1. The maximum atomic E-state index is 13.5. The number of quaternary nitrogens is 1. The lowest BCUT2D eigenvalue weighted by Crippen LogP contribution is -3.14. The number of hydrogen-bond donors (Lipinski definition) is 1. The van der Waals surface area contributed by atoms with Crippen molar-refractivity contribution in [1.82, 2.24) is 4.90 Å². The highest BCUT2D eigenvalue weighted by Crippen LogP contribution is 2.39. The van der Waals surface area contributed by atoms with E-state index < -0.39 is 6.04 Å². The zero-order valence-electron chi connectivity index (χ0n) is 18.8. The molecule has 2 aliphatic heterocycles. The smallest absolute Gasteiger partial charge is 0.290 e. The first-order valence-electron chi connectivity index (χ1n) is 11.7. The molecule has 1 amide bonds. The molecule has 2 aliphatic rings. The highest BCUT2D eigenvalue weighted by Gasteiger charge is 2.42. The van der Waals surface area contributed by atoms with Crippen molar-refractivity contribution in [3.63, 3.8) is 0 Å². The number of ether oxygens (including phenoxy) is 2. The SMILES string of the molecule is CCOc1cccc([C@H]2c3c(oc4ccccc4c3=O)C(=O)N2CCC[NH+]2CCOCC2)c1. The van der Waals surface area contributed by atoms with Crippen molar-refractivity contribution in [3.8, 4) is 5.75 Å². The summed E-state index contributed by atoms with van der Waals surface area (Å²) in [6.45, 7) is 7.51. The lowest BCUT2D eigenvalue weighted by atomic mass is 9.98. The van der Waals surface area contributed by atoms with Crippen LogP contribution in [0.4, 0.5) is 0 Å². The molecular formula is C26H29N2O5+. The van der Waals surface area contributed by atoms with Crippen molar-refractivity contribution in [2.75, 3.05) is 46.0 Å². The van der Waals surface area contributed by atoms with E-state index in [0.29, 0.717) is 29.7 Å². The summed E-state index contributed by atoms with van der Waals surface area (Å²) < 4.78 is 17.2. The zero-order chi connectivity index (χ0) is 22.8. The molecule has 0 bridgehead atoms. The second kappa shape index (κ2) is 9.37. The topological polar surface area (TPSA) is 73.4 Å². The van der Waals surface area contributed by atoms with Crippen molar-refractivity contribution in [2.24, 2.45) is 0 Å². The van der Waals surface area contributed by atoms with Gasteiger partial charge in [-0.15, -0.1) is 0 Å². The lowest BCUT2D eigenvalue weighted by Gasteiger charge is -2.27. The molecule has 0 saturated carbocycles. The summed E-state index contributed by atoms with van der Waals surface area (Å²) in [5, 5.41) is 0.495. The molecule has 3 aromatic rings. The van der Waals surface area contributed by atoms with Gasteiger partial charge in [0.25, 0.3) is 5.91 Å². The molecule has 0 spiro atoms. The van der Waals surface area contributed by atoms with Crippen LogP contribution in [0.15, 0.2) is 57.7 Å². The Morgan fingerprint density at radius 2 is 1.91 bits per heavy atom. The molecule has 7 nitrogen and oxygen atoms in total. The Hall–Kier alpha value is -3.16. The van der Waals surface area contributed by atoms with Gasteiger partial charge in [-0.3, -0.25) is 9.59 Å². The Labute approximate surface area is 192 Å². The van der Waals surface area contributed by atoms with Gasteiger partial charge in [-0.1, -0.05) is 24.3 Å². The summed E-state index contributed by atoms with van der Waals surface area (Å²) in [6.07, 6.45) is 0.838. The van der Waals surface area contributed by atoms with Gasteiger partial charge in [-0.05, 0) is 36.8 Å². The van der Waals surface area contributed by atoms with E-state index in [-0.39, 0.29) is 17.1 Å².